The molecule has 1 aromatic rings. The summed E-state index contributed by atoms with van der Waals surface area (Å²) in [5, 5.41) is 1.30. The molecule has 1 aromatic carbocycles. The molecule has 0 radical (unpaired) electrons. The highest BCUT2D eigenvalue weighted by atomic mass is 35.5. The minimum absolute atomic E-state index is 0.0138. The van der Waals surface area contributed by atoms with Crippen molar-refractivity contribution in [1.29, 1.82) is 0 Å². The average Bonchev–Trinajstić information content (AvgIpc) is 2.64. The average molecular weight is 398 g/mol. The van der Waals surface area contributed by atoms with Gasteiger partial charge in [-0.25, -0.2) is 0 Å². The van der Waals surface area contributed by atoms with Gasteiger partial charge in [0.1, 0.15) is 0 Å². The summed E-state index contributed by atoms with van der Waals surface area (Å²) in [5.74, 6) is -0.116. The number of primary amides is 1. The van der Waals surface area contributed by atoms with Crippen LogP contribution in [0.3, 0.4) is 0 Å². The van der Waals surface area contributed by atoms with E-state index in [1.165, 1.54) is 0 Å². The third-order valence-electron chi connectivity index (χ3n) is 5.47. The van der Waals surface area contributed by atoms with Crippen LogP contribution in [0.2, 0.25) is 10.0 Å². The first-order valence-electron chi connectivity index (χ1n) is 9.18. The van der Waals surface area contributed by atoms with Crippen molar-refractivity contribution in [3.8, 4) is 0 Å². The Morgan fingerprint density at radius 2 is 1.81 bits per heavy atom. The number of benzene rings is 1. The first-order valence-corrected chi connectivity index (χ1v) is 9.94. The van der Waals surface area contributed by atoms with Crippen LogP contribution in [-0.2, 0) is 16.1 Å². The molecular weight excluding hydrogens is 373 g/mol. The second-order valence-electron chi connectivity index (χ2n) is 7.31. The Hall–Kier alpha value is -1.30. The predicted octanol–water partition coefficient (Wildman–Crippen LogP) is 2.93. The van der Waals surface area contributed by atoms with Gasteiger partial charge in [-0.15, -0.1) is 0 Å². The standard InChI is InChI=1S/C19H25Cl2N3O2/c20-16-4-3-14(17(21)10-16)11-23-7-1-2-15(12-23)19(26)24-8-5-13(6-9-24)18(22)25/h3-4,10,13,15H,1-2,5-9,11-12H2,(H2,22,25). The van der Waals surface area contributed by atoms with Crippen molar-refractivity contribution in [3.63, 3.8) is 0 Å². The van der Waals surface area contributed by atoms with Crippen molar-refractivity contribution in [2.24, 2.45) is 17.6 Å². The van der Waals surface area contributed by atoms with Gasteiger partial charge in [0.15, 0.2) is 0 Å². The van der Waals surface area contributed by atoms with E-state index in [2.05, 4.69) is 4.90 Å². The van der Waals surface area contributed by atoms with E-state index in [0.29, 0.717) is 36.0 Å². The lowest BCUT2D eigenvalue weighted by atomic mass is 9.92. The van der Waals surface area contributed by atoms with E-state index in [-0.39, 0.29) is 23.7 Å². The lowest BCUT2D eigenvalue weighted by molar-refractivity contribution is -0.140. The molecule has 2 fully saturated rings. The highest BCUT2D eigenvalue weighted by molar-refractivity contribution is 6.35. The zero-order valence-corrected chi connectivity index (χ0v) is 16.3. The summed E-state index contributed by atoms with van der Waals surface area (Å²) in [6, 6.07) is 5.55. The second-order valence-corrected chi connectivity index (χ2v) is 8.16. The van der Waals surface area contributed by atoms with Gasteiger partial charge in [-0.05, 0) is 49.9 Å². The first kappa shape index (κ1) is 19.5. The molecule has 3 rings (SSSR count). The predicted molar refractivity (Wildman–Crippen MR) is 103 cm³/mol. The normalized spacial score (nSPS) is 22.4. The Bertz CT molecular complexity index is 675. The third kappa shape index (κ3) is 4.70. The molecular formula is C19H25Cl2N3O2. The molecule has 26 heavy (non-hydrogen) atoms. The minimum atomic E-state index is -0.249. The number of nitrogens with two attached hydrogens (primary N) is 1. The number of piperidine rings is 2. The molecule has 2 saturated heterocycles. The Morgan fingerprint density at radius 3 is 2.46 bits per heavy atom. The van der Waals surface area contributed by atoms with E-state index in [9.17, 15) is 9.59 Å². The maximum Gasteiger partial charge on any atom is 0.226 e. The third-order valence-corrected chi connectivity index (χ3v) is 6.06. The van der Waals surface area contributed by atoms with Gasteiger partial charge >= 0.3 is 0 Å². The van der Waals surface area contributed by atoms with Crippen LogP contribution >= 0.6 is 23.2 Å². The molecule has 0 spiro atoms. The molecule has 2 aliphatic heterocycles. The van der Waals surface area contributed by atoms with Crippen molar-refractivity contribution in [2.45, 2.75) is 32.2 Å². The SMILES string of the molecule is NC(=O)C1CCN(C(=O)C2CCCN(Cc3ccc(Cl)cc3Cl)C2)CC1. The number of hydrogen-bond acceptors (Lipinski definition) is 3. The summed E-state index contributed by atoms with van der Waals surface area (Å²) in [7, 11) is 0. The Morgan fingerprint density at radius 1 is 1.08 bits per heavy atom. The number of rotatable bonds is 4. The molecule has 0 aliphatic carbocycles. The van der Waals surface area contributed by atoms with E-state index in [1.807, 2.05) is 17.0 Å². The quantitative estimate of drug-likeness (QED) is 0.848. The van der Waals surface area contributed by atoms with Gasteiger partial charge in [0.2, 0.25) is 11.8 Å². The van der Waals surface area contributed by atoms with E-state index < -0.39 is 0 Å². The van der Waals surface area contributed by atoms with Crippen LogP contribution in [0.1, 0.15) is 31.2 Å². The number of likely N-dealkylation sites (tertiary alicyclic amines) is 2. The topological polar surface area (TPSA) is 66.6 Å². The van der Waals surface area contributed by atoms with Gasteiger partial charge in [-0.1, -0.05) is 29.3 Å². The van der Waals surface area contributed by atoms with Crippen molar-refractivity contribution in [3.05, 3.63) is 33.8 Å². The van der Waals surface area contributed by atoms with Gasteiger partial charge in [0, 0.05) is 42.1 Å². The summed E-state index contributed by atoms with van der Waals surface area (Å²) in [4.78, 5) is 28.4. The largest absolute Gasteiger partial charge is 0.369 e. The Labute approximate surface area is 164 Å². The number of nitrogens with zero attached hydrogens (tertiary/aromatic N) is 2. The summed E-state index contributed by atoms with van der Waals surface area (Å²) < 4.78 is 0. The van der Waals surface area contributed by atoms with Gasteiger partial charge in [0.05, 0.1) is 5.92 Å². The van der Waals surface area contributed by atoms with Crippen LogP contribution in [0.15, 0.2) is 18.2 Å². The van der Waals surface area contributed by atoms with Crippen molar-refractivity contribution in [1.82, 2.24) is 9.80 Å². The molecule has 1 atom stereocenters. The summed E-state index contributed by atoms with van der Waals surface area (Å²) in [6.07, 6.45) is 3.27. The fourth-order valence-electron chi connectivity index (χ4n) is 3.93. The van der Waals surface area contributed by atoms with Gasteiger partial charge in [0.25, 0.3) is 0 Å². The van der Waals surface area contributed by atoms with Gasteiger partial charge in [-0.2, -0.15) is 0 Å². The van der Waals surface area contributed by atoms with Crippen LogP contribution in [-0.4, -0.2) is 47.8 Å². The van der Waals surface area contributed by atoms with E-state index >= 15 is 0 Å². The Kier molecular flexibility index (Phi) is 6.43. The lowest BCUT2D eigenvalue weighted by Gasteiger charge is -2.37. The summed E-state index contributed by atoms with van der Waals surface area (Å²) >= 11 is 12.2. The Balaban J connectivity index is 1.56. The number of hydrogen-bond donors (Lipinski definition) is 1. The first-order chi connectivity index (χ1) is 12.4. The van der Waals surface area contributed by atoms with Crippen LogP contribution in [0.25, 0.3) is 0 Å². The summed E-state index contributed by atoms with van der Waals surface area (Å²) in [6.45, 7) is 3.70. The van der Waals surface area contributed by atoms with Crippen molar-refractivity contribution in [2.75, 3.05) is 26.2 Å². The molecule has 5 nitrogen and oxygen atoms in total. The van der Waals surface area contributed by atoms with Crippen molar-refractivity contribution < 1.29 is 9.59 Å². The van der Waals surface area contributed by atoms with E-state index in [0.717, 1.165) is 38.0 Å². The fourth-order valence-corrected chi connectivity index (χ4v) is 4.40. The summed E-state index contributed by atoms with van der Waals surface area (Å²) in [5.41, 5.74) is 6.41. The maximum absolute atomic E-state index is 12.9. The zero-order chi connectivity index (χ0) is 18.7. The molecule has 7 heteroatoms. The molecule has 0 saturated carbocycles. The minimum Gasteiger partial charge on any atom is -0.369 e. The fraction of sp³-hybridized carbons (Fsp3) is 0.579. The number of halogens is 2. The van der Waals surface area contributed by atoms with E-state index in [4.69, 9.17) is 28.9 Å². The molecule has 2 N–H and O–H groups in total. The maximum atomic E-state index is 12.9. The highest BCUT2D eigenvalue weighted by Crippen LogP contribution is 2.26. The van der Waals surface area contributed by atoms with Gasteiger partial charge in [-0.3, -0.25) is 14.5 Å². The van der Waals surface area contributed by atoms with E-state index in [1.54, 1.807) is 6.07 Å². The van der Waals surface area contributed by atoms with Gasteiger partial charge < -0.3 is 10.6 Å². The molecule has 2 amide bonds. The molecule has 2 aliphatic rings. The van der Waals surface area contributed by atoms with Crippen LogP contribution < -0.4 is 5.73 Å². The number of carbonyl (C=O) groups is 2. The van der Waals surface area contributed by atoms with Crippen molar-refractivity contribution >= 4 is 35.0 Å². The smallest absolute Gasteiger partial charge is 0.226 e. The molecule has 1 unspecified atom stereocenters. The monoisotopic (exact) mass is 397 g/mol. The zero-order valence-electron chi connectivity index (χ0n) is 14.8. The molecule has 0 bridgehead atoms. The number of carbonyl (C=O) groups excluding carboxylic acids is 2. The van der Waals surface area contributed by atoms with Crippen LogP contribution in [0.5, 0.6) is 0 Å². The molecule has 2 heterocycles. The van der Waals surface area contributed by atoms with Crippen LogP contribution in [0, 0.1) is 11.8 Å². The number of amides is 2. The lowest BCUT2D eigenvalue weighted by Crippen LogP contribution is -2.48. The highest BCUT2D eigenvalue weighted by Gasteiger charge is 2.32. The second kappa shape index (κ2) is 8.59. The molecule has 142 valence electrons. The van der Waals surface area contributed by atoms with Crippen LogP contribution in [0.4, 0.5) is 0 Å². The molecule has 0 aromatic heterocycles.